The molecule has 1 aliphatic heterocycles. The van der Waals surface area contributed by atoms with Crippen LogP contribution in [0.15, 0.2) is 16.6 Å². The summed E-state index contributed by atoms with van der Waals surface area (Å²) in [5.41, 5.74) is 1.41. The van der Waals surface area contributed by atoms with Crippen LogP contribution in [0, 0.1) is 5.41 Å². The third-order valence-corrected chi connectivity index (χ3v) is 3.76. The molecule has 0 atom stereocenters. The molecule has 0 saturated carbocycles. The molecule has 0 unspecified atom stereocenters. The molecule has 0 aromatic heterocycles. The van der Waals surface area contributed by atoms with Crippen LogP contribution < -0.4 is 10.1 Å². The van der Waals surface area contributed by atoms with Crippen LogP contribution in [-0.4, -0.2) is 12.5 Å². The summed E-state index contributed by atoms with van der Waals surface area (Å²) in [5, 5.41) is 2.95. The van der Waals surface area contributed by atoms with Crippen molar-refractivity contribution in [2.24, 2.45) is 5.41 Å². The number of hydrogen-bond acceptors (Lipinski definition) is 2. The summed E-state index contributed by atoms with van der Waals surface area (Å²) >= 11 is 3.52. The first-order valence-electron chi connectivity index (χ1n) is 6.09. The lowest BCUT2D eigenvalue weighted by atomic mass is 9.94. The Morgan fingerprint density at radius 1 is 1.39 bits per heavy atom. The largest absolute Gasteiger partial charge is 0.489 e. The number of benzene rings is 1. The van der Waals surface area contributed by atoms with E-state index in [0.29, 0.717) is 12.5 Å². The molecule has 98 valence electrons. The standard InChI is InChI=1S/C14H18BrNO2/c1-8(2)9-5-10(15)12-11(6-9)16-13(17)14(3,4)7-18-12/h5-6,8H,7H2,1-4H3,(H,16,17). The zero-order valence-electron chi connectivity index (χ0n) is 11.1. The minimum atomic E-state index is -0.517. The number of anilines is 1. The molecule has 3 nitrogen and oxygen atoms in total. The fourth-order valence-corrected chi connectivity index (χ4v) is 2.39. The molecule has 18 heavy (non-hydrogen) atoms. The fourth-order valence-electron chi connectivity index (χ4n) is 1.80. The summed E-state index contributed by atoms with van der Waals surface area (Å²) in [6.45, 7) is 8.39. The first-order valence-corrected chi connectivity index (χ1v) is 6.88. The van der Waals surface area contributed by atoms with Gasteiger partial charge in [-0.2, -0.15) is 0 Å². The highest BCUT2D eigenvalue weighted by atomic mass is 79.9. The second-order valence-corrected chi connectivity index (χ2v) is 6.52. The molecular weight excluding hydrogens is 294 g/mol. The van der Waals surface area contributed by atoms with Gasteiger partial charge in [0.2, 0.25) is 5.91 Å². The van der Waals surface area contributed by atoms with Crippen molar-refractivity contribution in [3.8, 4) is 5.75 Å². The van der Waals surface area contributed by atoms with Crippen molar-refractivity contribution in [3.63, 3.8) is 0 Å². The number of amides is 1. The van der Waals surface area contributed by atoms with Crippen molar-refractivity contribution in [2.45, 2.75) is 33.6 Å². The average Bonchev–Trinajstić information content (AvgIpc) is 2.37. The Labute approximate surface area is 116 Å². The molecule has 1 aromatic rings. The highest BCUT2D eigenvalue weighted by Gasteiger charge is 2.33. The average molecular weight is 312 g/mol. The zero-order chi connectivity index (χ0) is 13.5. The summed E-state index contributed by atoms with van der Waals surface area (Å²) < 4.78 is 6.66. The van der Waals surface area contributed by atoms with Crippen LogP contribution in [-0.2, 0) is 4.79 Å². The minimum absolute atomic E-state index is 0.00550. The fraction of sp³-hybridized carbons (Fsp3) is 0.500. The number of carbonyl (C=O) groups excluding carboxylic acids is 1. The third kappa shape index (κ3) is 2.39. The second kappa shape index (κ2) is 4.57. The van der Waals surface area contributed by atoms with E-state index in [1.165, 1.54) is 5.56 Å². The maximum absolute atomic E-state index is 12.1. The van der Waals surface area contributed by atoms with Crippen LogP contribution in [0.25, 0.3) is 0 Å². The van der Waals surface area contributed by atoms with Gasteiger partial charge >= 0.3 is 0 Å². The van der Waals surface area contributed by atoms with Gasteiger partial charge in [0, 0.05) is 0 Å². The van der Waals surface area contributed by atoms with Gasteiger partial charge in [-0.3, -0.25) is 4.79 Å². The van der Waals surface area contributed by atoms with E-state index < -0.39 is 5.41 Å². The minimum Gasteiger partial charge on any atom is -0.489 e. The van der Waals surface area contributed by atoms with Crippen molar-refractivity contribution in [1.29, 1.82) is 0 Å². The van der Waals surface area contributed by atoms with Crippen LogP contribution in [0.1, 0.15) is 39.2 Å². The first kappa shape index (κ1) is 13.4. The summed E-state index contributed by atoms with van der Waals surface area (Å²) in [4.78, 5) is 12.1. The summed E-state index contributed by atoms with van der Waals surface area (Å²) in [6.07, 6.45) is 0. The highest BCUT2D eigenvalue weighted by Crippen LogP contribution is 2.40. The van der Waals surface area contributed by atoms with E-state index in [-0.39, 0.29) is 5.91 Å². The molecule has 1 amide bonds. The number of hydrogen-bond donors (Lipinski definition) is 1. The molecule has 0 spiro atoms. The van der Waals surface area contributed by atoms with E-state index in [9.17, 15) is 4.79 Å². The van der Waals surface area contributed by atoms with E-state index in [1.807, 2.05) is 26.0 Å². The van der Waals surface area contributed by atoms with Gasteiger partial charge in [-0.1, -0.05) is 13.8 Å². The first-order chi connectivity index (χ1) is 8.31. The van der Waals surface area contributed by atoms with Crippen molar-refractivity contribution in [3.05, 3.63) is 22.2 Å². The molecule has 1 aliphatic rings. The molecule has 1 heterocycles. The Bertz CT molecular complexity index is 495. The molecular formula is C14H18BrNO2. The Hall–Kier alpha value is -1.03. The summed E-state index contributed by atoms with van der Waals surface area (Å²) in [5.74, 6) is 1.12. The van der Waals surface area contributed by atoms with Crippen molar-refractivity contribution in [2.75, 3.05) is 11.9 Å². The number of fused-ring (bicyclic) bond motifs is 1. The number of ether oxygens (including phenoxy) is 1. The normalized spacial score (nSPS) is 17.8. The molecule has 4 heteroatoms. The van der Waals surface area contributed by atoms with Crippen LogP contribution in [0.2, 0.25) is 0 Å². The van der Waals surface area contributed by atoms with Gasteiger partial charge < -0.3 is 10.1 Å². The van der Waals surface area contributed by atoms with Crippen LogP contribution in [0.4, 0.5) is 5.69 Å². The Balaban J connectivity index is 2.48. The predicted molar refractivity (Wildman–Crippen MR) is 76.1 cm³/mol. The van der Waals surface area contributed by atoms with Crippen molar-refractivity contribution in [1.82, 2.24) is 0 Å². The predicted octanol–water partition coefficient (Wildman–Crippen LogP) is 3.93. The van der Waals surface area contributed by atoms with Crippen LogP contribution >= 0.6 is 15.9 Å². The molecule has 1 N–H and O–H groups in total. The number of nitrogens with one attached hydrogen (secondary N) is 1. The lowest BCUT2D eigenvalue weighted by Crippen LogP contribution is -2.33. The van der Waals surface area contributed by atoms with Gasteiger partial charge in [0.05, 0.1) is 15.6 Å². The highest BCUT2D eigenvalue weighted by molar-refractivity contribution is 9.10. The van der Waals surface area contributed by atoms with Crippen molar-refractivity contribution < 1.29 is 9.53 Å². The molecule has 2 rings (SSSR count). The molecule has 0 bridgehead atoms. The van der Waals surface area contributed by atoms with Gasteiger partial charge in [-0.15, -0.1) is 0 Å². The molecule has 0 aliphatic carbocycles. The number of halogens is 1. The van der Waals surface area contributed by atoms with E-state index in [4.69, 9.17) is 4.74 Å². The topological polar surface area (TPSA) is 38.3 Å². The SMILES string of the molecule is CC(C)c1cc(Br)c2c(c1)NC(=O)C(C)(C)CO2. The van der Waals surface area contributed by atoms with Gasteiger partial charge in [0.15, 0.2) is 5.75 Å². The number of carbonyl (C=O) groups is 1. The van der Waals surface area contributed by atoms with Crippen molar-refractivity contribution >= 4 is 27.5 Å². The maximum atomic E-state index is 12.1. The van der Waals surface area contributed by atoms with Gasteiger partial charge in [0.1, 0.15) is 6.61 Å². The monoisotopic (exact) mass is 311 g/mol. The molecule has 1 aromatic carbocycles. The quantitative estimate of drug-likeness (QED) is 0.853. The number of rotatable bonds is 1. The van der Waals surface area contributed by atoms with E-state index in [0.717, 1.165) is 15.9 Å². The Kier molecular flexibility index (Phi) is 3.41. The Morgan fingerprint density at radius 3 is 2.67 bits per heavy atom. The summed E-state index contributed by atoms with van der Waals surface area (Å²) in [7, 11) is 0. The maximum Gasteiger partial charge on any atom is 0.233 e. The smallest absolute Gasteiger partial charge is 0.233 e. The summed E-state index contributed by atoms with van der Waals surface area (Å²) in [6, 6.07) is 4.04. The third-order valence-electron chi connectivity index (χ3n) is 3.17. The van der Waals surface area contributed by atoms with Crippen LogP contribution in [0.5, 0.6) is 5.75 Å². The molecule has 0 fully saturated rings. The lowest BCUT2D eigenvalue weighted by Gasteiger charge is -2.18. The zero-order valence-corrected chi connectivity index (χ0v) is 12.7. The van der Waals surface area contributed by atoms with Gasteiger partial charge in [0.25, 0.3) is 0 Å². The van der Waals surface area contributed by atoms with E-state index >= 15 is 0 Å². The van der Waals surface area contributed by atoms with E-state index in [1.54, 1.807) is 0 Å². The molecule has 0 saturated heterocycles. The van der Waals surface area contributed by atoms with Gasteiger partial charge in [-0.05, 0) is 53.4 Å². The molecule has 0 radical (unpaired) electrons. The van der Waals surface area contributed by atoms with Crippen LogP contribution in [0.3, 0.4) is 0 Å². The van der Waals surface area contributed by atoms with Gasteiger partial charge in [-0.25, -0.2) is 0 Å². The second-order valence-electron chi connectivity index (χ2n) is 5.66. The lowest BCUT2D eigenvalue weighted by molar-refractivity contribution is -0.124. The Morgan fingerprint density at radius 2 is 2.06 bits per heavy atom. The van der Waals surface area contributed by atoms with E-state index in [2.05, 4.69) is 35.1 Å².